The minimum Gasteiger partial charge on any atom is -0.362 e. The number of amides is 3. The molecule has 6 nitrogen and oxygen atoms in total. The van der Waals surface area contributed by atoms with Gasteiger partial charge >= 0.3 is 6.03 Å². The lowest BCUT2D eigenvalue weighted by atomic mass is 9.91. The number of urea groups is 1. The maximum Gasteiger partial charge on any atom is 0.325 e. The second-order valence-electron chi connectivity index (χ2n) is 7.31. The van der Waals surface area contributed by atoms with Crippen molar-refractivity contribution in [3.05, 3.63) is 58.4 Å². The number of benzene rings is 1. The lowest BCUT2D eigenvalue weighted by Gasteiger charge is -2.22. The van der Waals surface area contributed by atoms with E-state index in [1.807, 2.05) is 31.2 Å². The molecule has 1 aromatic heterocycles. The number of nitrogens with zero attached hydrogens (tertiary/aromatic N) is 1. The largest absolute Gasteiger partial charge is 0.362 e. The third-order valence-electron chi connectivity index (χ3n) is 5.10. The van der Waals surface area contributed by atoms with Gasteiger partial charge in [0.05, 0.1) is 6.54 Å². The molecule has 2 aromatic rings. The standard InChI is InChI=1S/C21H25N3O3/c1-5-6-15-7-9-16(10-8-15)21(4)19(26)24(20(27)23-21)12-18(25)17-11-13(2)22-14(17)3/h7-11,22H,5-6,12H2,1-4H3,(H,23,27). The topological polar surface area (TPSA) is 82.3 Å². The van der Waals surface area contributed by atoms with Crippen molar-refractivity contribution < 1.29 is 14.4 Å². The van der Waals surface area contributed by atoms with Crippen molar-refractivity contribution in [1.29, 1.82) is 0 Å². The molecule has 0 aliphatic carbocycles. The van der Waals surface area contributed by atoms with Crippen molar-refractivity contribution in [2.24, 2.45) is 0 Å². The van der Waals surface area contributed by atoms with Crippen LogP contribution >= 0.6 is 0 Å². The molecule has 2 heterocycles. The number of hydrogen-bond donors (Lipinski definition) is 2. The van der Waals surface area contributed by atoms with Gasteiger partial charge in [0.1, 0.15) is 5.54 Å². The Morgan fingerprint density at radius 3 is 2.37 bits per heavy atom. The van der Waals surface area contributed by atoms with Crippen LogP contribution in [0.3, 0.4) is 0 Å². The number of nitrogens with one attached hydrogen (secondary N) is 2. The Labute approximate surface area is 159 Å². The molecule has 6 heteroatoms. The minimum absolute atomic E-state index is 0.261. The van der Waals surface area contributed by atoms with E-state index in [0.717, 1.165) is 29.1 Å². The van der Waals surface area contributed by atoms with Crippen LogP contribution in [-0.2, 0) is 16.8 Å². The number of ketones is 1. The SMILES string of the molecule is CCCc1ccc(C2(C)NC(=O)N(CC(=O)c3cc(C)[nH]c3C)C2=O)cc1. The van der Waals surface area contributed by atoms with E-state index in [1.165, 1.54) is 5.56 Å². The zero-order valence-corrected chi connectivity index (χ0v) is 16.2. The van der Waals surface area contributed by atoms with E-state index in [0.29, 0.717) is 11.1 Å². The Kier molecular flexibility index (Phi) is 4.91. The van der Waals surface area contributed by atoms with E-state index in [2.05, 4.69) is 17.2 Å². The highest BCUT2D eigenvalue weighted by molar-refractivity contribution is 6.11. The first kappa shape index (κ1) is 18.9. The van der Waals surface area contributed by atoms with E-state index in [4.69, 9.17) is 0 Å². The maximum atomic E-state index is 13.0. The average molecular weight is 367 g/mol. The smallest absolute Gasteiger partial charge is 0.325 e. The summed E-state index contributed by atoms with van der Waals surface area (Å²) in [5.74, 6) is -0.670. The molecule has 142 valence electrons. The van der Waals surface area contributed by atoms with E-state index < -0.39 is 17.5 Å². The summed E-state index contributed by atoms with van der Waals surface area (Å²) in [5, 5.41) is 2.75. The van der Waals surface area contributed by atoms with Crippen LogP contribution < -0.4 is 5.32 Å². The van der Waals surface area contributed by atoms with Gasteiger partial charge in [-0.05, 0) is 44.4 Å². The highest BCUT2D eigenvalue weighted by Crippen LogP contribution is 2.29. The van der Waals surface area contributed by atoms with Gasteiger partial charge in [-0.3, -0.25) is 14.5 Å². The van der Waals surface area contributed by atoms with Gasteiger partial charge in [-0.1, -0.05) is 37.6 Å². The minimum atomic E-state index is -1.16. The van der Waals surface area contributed by atoms with Crippen molar-refractivity contribution >= 4 is 17.7 Å². The summed E-state index contributed by atoms with van der Waals surface area (Å²) in [6, 6.07) is 8.88. The molecule has 1 atom stereocenters. The molecular weight excluding hydrogens is 342 g/mol. The van der Waals surface area contributed by atoms with Gasteiger partial charge in [-0.2, -0.15) is 0 Å². The maximum absolute atomic E-state index is 13.0. The fraction of sp³-hybridized carbons (Fsp3) is 0.381. The van der Waals surface area contributed by atoms with Crippen LogP contribution in [0, 0.1) is 13.8 Å². The van der Waals surface area contributed by atoms with Crippen molar-refractivity contribution in [3.8, 4) is 0 Å². The van der Waals surface area contributed by atoms with E-state index >= 15 is 0 Å². The Morgan fingerprint density at radius 2 is 1.81 bits per heavy atom. The molecule has 3 rings (SSSR count). The Hall–Kier alpha value is -2.89. The first-order valence-corrected chi connectivity index (χ1v) is 9.19. The van der Waals surface area contributed by atoms with Crippen LogP contribution in [0.4, 0.5) is 4.79 Å². The molecule has 0 bridgehead atoms. The van der Waals surface area contributed by atoms with Crippen LogP contribution in [0.1, 0.15) is 53.1 Å². The molecule has 1 aliphatic heterocycles. The number of aromatic amines is 1. The van der Waals surface area contributed by atoms with Crippen LogP contribution in [0.15, 0.2) is 30.3 Å². The van der Waals surface area contributed by atoms with Crippen LogP contribution in [0.25, 0.3) is 0 Å². The van der Waals surface area contributed by atoms with E-state index in [9.17, 15) is 14.4 Å². The lowest BCUT2D eigenvalue weighted by molar-refractivity contribution is -0.130. The molecule has 1 aliphatic rings. The van der Waals surface area contributed by atoms with Gasteiger partial charge < -0.3 is 10.3 Å². The predicted molar refractivity (Wildman–Crippen MR) is 103 cm³/mol. The predicted octanol–water partition coefficient (Wildman–Crippen LogP) is 3.23. The second kappa shape index (κ2) is 7.02. The molecule has 1 fully saturated rings. The van der Waals surface area contributed by atoms with Gasteiger partial charge in [0.15, 0.2) is 5.78 Å². The number of imide groups is 1. The number of carbonyl (C=O) groups is 3. The second-order valence-corrected chi connectivity index (χ2v) is 7.31. The molecule has 0 radical (unpaired) electrons. The number of hydrogen-bond acceptors (Lipinski definition) is 3. The van der Waals surface area contributed by atoms with Gasteiger partial charge in [0.25, 0.3) is 5.91 Å². The normalized spacial score (nSPS) is 19.5. The molecule has 3 amide bonds. The zero-order valence-electron chi connectivity index (χ0n) is 16.2. The summed E-state index contributed by atoms with van der Waals surface area (Å²) in [5.41, 5.74) is 2.84. The third kappa shape index (κ3) is 3.39. The van der Waals surface area contributed by atoms with Crippen LogP contribution in [0.2, 0.25) is 0 Å². The molecule has 0 spiro atoms. The van der Waals surface area contributed by atoms with Crippen molar-refractivity contribution in [1.82, 2.24) is 15.2 Å². The molecule has 1 unspecified atom stereocenters. The van der Waals surface area contributed by atoms with Crippen LogP contribution in [0.5, 0.6) is 0 Å². The number of aromatic nitrogens is 1. The summed E-state index contributed by atoms with van der Waals surface area (Å²) in [6.45, 7) is 7.17. The molecule has 0 saturated carbocycles. The first-order valence-electron chi connectivity index (χ1n) is 9.19. The van der Waals surface area contributed by atoms with Crippen molar-refractivity contribution in [3.63, 3.8) is 0 Å². The molecule has 2 N–H and O–H groups in total. The number of rotatable bonds is 6. The monoisotopic (exact) mass is 367 g/mol. The zero-order chi connectivity index (χ0) is 19.8. The van der Waals surface area contributed by atoms with Crippen molar-refractivity contribution in [2.75, 3.05) is 6.54 Å². The molecule has 1 aromatic carbocycles. The summed E-state index contributed by atoms with van der Waals surface area (Å²) in [4.78, 5) is 42.1. The summed E-state index contributed by atoms with van der Waals surface area (Å²) in [7, 11) is 0. The quantitative estimate of drug-likeness (QED) is 0.607. The summed E-state index contributed by atoms with van der Waals surface area (Å²) < 4.78 is 0. The van der Waals surface area contributed by atoms with Gasteiger partial charge in [-0.15, -0.1) is 0 Å². The highest BCUT2D eigenvalue weighted by atomic mass is 16.2. The number of H-pyrrole nitrogens is 1. The Bertz CT molecular complexity index is 898. The fourth-order valence-corrected chi connectivity index (χ4v) is 3.57. The van der Waals surface area contributed by atoms with Crippen LogP contribution in [-0.4, -0.2) is 34.2 Å². The number of Topliss-reactive ketones (excluding diaryl/α,β-unsaturated/α-hetero) is 1. The Morgan fingerprint density at radius 1 is 1.15 bits per heavy atom. The Balaban J connectivity index is 1.81. The summed E-state index contributed by atoms with van der Waals surface area (Å²) in [6.07, 6.45) is 2.01. The molecular formula is C21H25N3O3. The van der Waals surface area contributed by atoms with Gasteiger partial charge in [-0.25, -0.2) is 4.79 Å². The third-order valence-corrected chi connectivity index (χ3v) is 5.10. The lowest BCUT2D eigenvalue weighted by Crippen LogP contribution is -2.41. The highest BCUT2D eigenvalue weighted by Gasteiger charge is 2.49. The van der Waals surface area contributed by atoms with Gasteiger partial charge in [0, 0.05) is 17.0 Å². The summed E-state index contributed by atoms with van der Waals surface area (Å²) >= 11 is 0. The van der Waals surface area contributed by atoms with E-state index in [1.54, 1.807) is 19.9 Å². The van der Waals surface area contributed by atoms with Gasteiger partial charge in [0.2, 0.25) is 0 Å². The number of aryl methyl sites for hydroxylation is 3. The van der Waals surface area contributed by atoms with E-state index in [-0.39, 0.29) is 12.3 Å². The molecule has 27 heavy (non-hydrogen) atoms. The fourth-order valence-electron chi connectivity index (χ4n) is 3.57. The average Bonchev–Trinajstić information content (AvgIpc) is 3.07. The first-order chi connectivity index (χ1) is 12.8. The van der Waals surface area contributed by atoms with Crippen molar-refractivity contribution in [2.45, 2.75) is 46.1 Å². The number of carbonyl (C=O) groups excluding carboxylic acids is 3. The molecule has 1 saturated heterocycles.